The smallest absolute Gasteiger partial charge is 0.311 e. The van der Waals surface area contributed by atoms with Crippen LogP contribution in [-0.4, -0.2) is 22.5 Å². The van der Waals surface area contributed by atoms with Crippen molar-refractivity contribution in [1.82, 2.24) is 9.97 Å². The molecule has 5 heteroatoms. The van der Waals surface area contributed by atoms with Gasteiger partial charge in [0.25, 0.3) is 0 Å². The predicted octanol–water partition coefficient (Wildman–Crippen LogP) is 9.45. The molecule has 3 rings (SSSR count). The highest BCUT2D eigenvalue weighted by molar-refractivity contribution is 5.73. The minimum Gasteiger partial charge on any atom is -0.494 e. The maximum absolute atomic E-state index is 12.2. The fourth-order valence-corrected chi connectivity index (χ4v) is 4.44. The summed E-state index contributed by atoms with van der Waals surface area (Å²) in [7, 11) is 0. The van der Waals surface area contributed by atoms with Crippen LogP contribution in [0.4, 0.5) is 0 Å². The molecule has 1 atom stereocenters. The summed E-state index contributed by atoms with van der Waals surface area (Å²) in [6, 6.07) is 15.5. The number of benzene rings is 2. The first kappa shape index (κ1) is 30.3. The molecule has 0 fully saturated rings. The van der Waals surface area contributed by atoms with E-state index in [-0.39, 0.29) is 5.97 Å². The maximum Gasteiger partial charge on any atom is 0.311 e. The standard InChI is InChI=1S/C34H46N2O3/c1-4-6-7-10-13-24-38-31-20-18-29(19-21-31)34-35-25-30(26-36-34)28-16-22-32(23-17-28)39-33(37)15-12-9-8-11-14-27(3)5-2/h16-23,25-27H,4-15,24H2,1-3H3. The van der Waals surface area contributed by atoms with Gasteiger partial charge in [-0.2, -0.15) is 0 Å². The zero-order valence-electron chi connectivity index (χ0n) is 24.2. The van der Waals surface area contributed by atoms with Gasteiger partial charge in [-0.25, -0.2) is 9.97 Å². The summed E-state index contributed by atoms with van der Waals surface area (Å²) in [6.45, 7) is 7.53. The first-order chi connectivity index (χ1) is 19.1. The van der Waals surface area contributed by atoms with Gasteiger partial charge in [0.1, 0.15) is 11.5 Å². The molecule has 0 radical (unpaired) electrons. The number of hydrogen-bond donors (Lipinski definition) is 0. The Balaban J connectivity index is 1.41. The summed E-state index contributed by atoms with van der Waals surface area (Å²) >= 11 is 0. The van der Waals surface area contributed by atoms with E-state index in [4.69, 9.17) is 9.47 Å². The molecule has 0 spiro atoms. The average Bonchev–Trinajstić information content (AvgIpc) is 2.97. The number of unbranched alkanes of at least 4 members (excludes halogenated alkanes) is 7. The van der Waals surface area contributed by atoms with E-state index >= 15 is 0 Å². The molecule has 0 bridgehead atoms. The van der Waals surface area contributed by atoms with Crippen LogP contribution in [0.3, 0.4) is 0 Å². The first-order valence-corrected chi connectivity index (χ1v) is 15.0. The van der Waals surface area contributed by atoms with Crippen molar-refractivity contribution < 1.29 is 14.3 Å². The normalized spacial score (nSPS) is 11.8. The van der Waals surface area contributed by atoms with Crippen molar-refractivity contribution in [3.8, 4) is 34.0 Å². The molecule has 2 aromatic carbocycles. The van der Waals surface area contributed by atoms with Crippen LogP contribution < -0.4 is 9.47 Å². The molecule has 0 amide bonds. The third kappa shape index (κ3) is 11.2. The lowest BCUT2D eigenvalue weighted by molar-refractivity contribution is -0.134. The molecule has 0 saturated heterocycles. The minimum absolute atomic E-state index is 0.166. The first-order valence-electron chi connectivity index (χ1n) is 15.0. The summed E-state index contributed by atoms with van der Waals surface area (Å²) in [5.41, 5.74) is 2.84. The Morgan fingerprint density at radius 2 is 1.33 bits per heavy atom. The quantitative estimate of drug-likeness (QED) is 0.0931. The van der Waals surface area contributed by atoms with Crippen LogP contribution in [0, 0.1) is 5.92 Å². The summed E-state index contributed by atoms with van der Waals surface area (Å²) in [6.07, 6.45) is 17.2. The van der Waals surface area contributed by atoms with Gasteiger partial charge in [0.2, 0.25) is 0 Å². The SMILES string of the molecule is CCCCCCCOc1ccc(-c2ncc(-c3ccc(OC(=O)CCCCCCC(C)CC)cc3)cn2)cc1. The maximum atomic E-state index is 12.2. The topological polar surface area (TPSA) is 61.3 Å². The van der Waals surface area contributed by atoms with E-state index in [0.717, 1.165) is 54.2 Å². The lowest BCUT2D eigenvalue weighted by atomic mass is 10.0. The van der Waals surface area contributed by atoms with Crippen LogP contribution in [0.5, 0.6) is 11.5 Å². The molecule has 1 aromatic heterocycles. The van der Waals surface area contributed by atoms with Crippen molar-refractivity contribution in [1.29, 1.82) is 0 Å². The highest BCUT2D eigenvalue weighted by Crippen LogP contribution is 2.24. The Hall–Kier alpha value is -3.21. The van der Waals surface area contributed by atoms with Crippen LogP contribution in [-0.2, 0) is 4.79 Å². The number of carbonyl (C=O) groups is 1. The molecular formula is C34H46N2O3. The van der Waals surface area contributed by atoms with Crippen molar-refractivity contribution in [2.45, 2.75) is 97.8 Å². The number of rotatable bonds is 18. The van der Waals surface area contributed by atoms with Crippen molar-refractivity contribution in [3.05, 3.63) is 60.9 Å². The second-order valence-electron chi connectivity index (χ2n) is 10.5. The molecule has 0 N–H and O–H groups in total. The zero-order valence-corrected chi connectivity index (χ0v) is 24.2. The number of hydrogen-bond acceptors (Lipinski definition) is 5. The second kappa shape index (κ2) is 17.4. The van der Waals surface area contributed by atoms with Gasteiger partial charge in [0.15, 0.2) is 5.82 Å². The summed E-state index contributed by atoms with van der Waals surface area (Å²) < 4.78 is 11.4. The van der Waals surface area contributed by atoms with Gasteiger partial charge >= 0.3 is 5.97 Å². The van der Waals surface area contributed by atoms with E-state index in [1.807, 2.05) is 60.9 Å². The summed E-state index contributed by atoms with van der Waals surface area (Å²) in [4.78, 5) is 21.3. The van der Waals surface area contributed by atoms with Gasteiger partial charge in [0.05, 0.1) is 6.61 Å². The summed E-state index contributed by atoms with van der Waals surface area (Å²) in [5, 5.41) is 0. The molecule has 1 heterocycles. The highest BCUT2D eigenvalue weighted by Gasteiger charge is 2.08. The van der Waals surface area contributed by atoms with Gasteiger partial charge in [-0.3, -0.25) is 4.79 Å². The van der Waals surface area contributed by atoms with Gasteiger partial charge in [0, 0.05) is 29.9 Å². The fourth-order valence-electron chi connectivity index (χ4n) is 4.44. The van der Waals surface area contributed by atoms with E-state index in [9.17, 15) is 4.79 Å². The Morgan fingerprint density at radius 1 is 0.718 bits per heavy atom. The van der Waals surface area contributed by atoms with Crippen LogP contribution in [0.25, 0.3) is 22.5 Å². The number of carbonyl (C=O) groups excluding carboxylic acids is 1. The Morgan fingerprint density at radius 3 is 2.03 bits per heavy atom. The number of aromatic nitrogens is 2. The molecule has 0 aliphatic carbocycles. The molecule has 0 saturated carbocycles. The van der Waals surface area contributed by atoms with Gasteiger partial charge in [-0.15, -0.1) is 0 Å². The molecule has 39 heavy (non-hydrogen) atoms. The average molecular weight is 531 g/mol. The van der Waals surface area contributed by atoms with E-state index in [0.29, 0.717) is 18.0 Å². The fraction of sp³-hybridized carbons (Fsp3) is 0.500. The second-order valence-corrected chi connectivity index (χ2v) is 10.5. The lowest BCUT2D eigenvalue weighted by Gasteiger charge is -2.08. The zero-order chi connectivity index (χ0) is 27.7. The summed E-state index contributed by atoms with van der Waals surface area (Å²) in [5.74, 6) is 2.76. The largest absolute Gasteiger partial charge is 0.494 e. The van der Waals surface area contributed by atoms with E-state index in [1.165, 1.54) is 51.4 Å². The molecular weight excluding hydrogens is 484 g/mol. The monoisotopic (exact) mass is 530 g/mol. The van der Waals surface area contributed by atoms with Gasteiger partial charge in [-0.05, 0) is 60.7 Å². The molecule has 5 nitrogen and oxygen atoms in total. The van der Waals surface area contributed by atoms with Crippen LogP contribution in [0.15, 0.2) is 60.9 Å². The van der Waals surface area contributed by atoms with Crippen molar-refractivity contribution in [2.75, 3.05) is 6.61 Å². The molecule has 210 valence electrons. The molecule has 0 aliphatic rings. The molecule has 1 unspecified atom stereocenters. The Labute approximate surface area is 235 Å². The van der Waals surface area contributed by atoms with E-state index < -0.39 is 0 Å². The van der Waals surface area contributed by atoms with Gasteiger partial charge < -0.3 is 9.47 Å². The van der Waals surface area contributed by atoms with Crippen molar-refractivity contribution in [2.24, 2.45) is 5.92 Å². The third-order valence-corrected chi connectivity index (χ3v) is 7.23. The Bertz CT molecular complexity index is 1080. The predicted molar refractivity (Wildman–Crippen MR) is 160 cm³/mol. The van der Waals surface area contributed by atoms with Crippen LogP contribution in [0.2, 0.25) is 0 Å². The third-order valence-electron chi connectivity index (χ3n) is 7.23. The van der Waals surface area contributed by atoms with Crippen molar-refractivity contribution in [3.63, 3.8) is 0 Å². The molecule has 0 aliphatic heterocycles. The Kier molecular flexibility index (Phi) is 13.5. The lowest BCUT2D eigenvalue weighted by Crippen LogP contribution is -2.07. The van der Waals surface area contributed by atoms with Crippen LogP contribution in [0.1, 0.15) is 97.8 Å². The number of nitrogens with zero attached hydrogens (tertiary/aromatic N) is 2. The van der Waals surface area contributed by atoms with Gasteiger partial charge in [-0.1, -0.05) is 90.7 Å². The van der Waals surface area contributed by atoms with Crippen LogP contribution >= 0.6 is 0 Å². The number of esters is 1. The number of ether oxygens (including phenoxy) is 2. The van der Waals surface area contributed by atoms with E-state index in [2.05, 4.69) is 30.7 Å². The van der Waals surface area contributed by atoms with E-state index in [1.54, 1.807) is 0 Å². The highest BCUT2D eigenvalue weighted by atomic mass is 16.5. The van der Waals surface area contributed by atoms with Crippen molar-refractivity contribution >= 4 is 5.97 Å². The minimum atomic E-state index is -0.166. The molecule has 3 aromatic rings.